The molecule has 118 valence electrons. The summed E-state index contributed by atoms with van der Waals surface area (Å²) in [5.41, 5.74) is 3.72. The Labute approximate surface area is 140 Å². The zero-order valence-corrected chi connectivity index (χ0v) is 14.9. The number of nitrogens with one attached hydrogen (secondary N) is 1. The predicted octanol–water partition coefficient (Wildman–Crippen LogP) is 4.45. The van der Waals surface area contributed by atoms with Crippen LogP contribution >= 0.6 is 15.9 Å². The highest BCUT2D eigenvalue weighted by atomic mass is 79.9. The molecule has 0 unspecified atom stereocenters. The van der Waals surface area contributed by atoms with E-state index >= 15 is 0 Å². The molecular formula is C18H22BrNO2. The number of rotatable bonds is 7. The molecule has 2 rings (SSSR count). The molecule has 4 heteroatoms. The summed E-state index contributed by atoms with van der Waals surface area (Å²) in [7, 11) is 1.65. The minimum atomic E-state index is 0.614. The summed E-state index contributed by atoms with van der Waals surface area (Å²) in [6.07, 6.45) is 0. The smallest absolute Gasteiger partial charge is 0.174 e. The number of ether oxygens (including phenoxy) is 2. The standard InChI is InChI=1S/C18H22BrNO2/c1-4-22-17-10-15(9-16(19)18(17)21-3)12-20-11-14-7-5-13(2)6-8-14/h5-10,20H,4,11-12H2,1-3H3. The van der Waals surface area contributed by atoms with Crippen LogP contribution in [0.5, 0.6) is 11.5 Å². The number of methoxy groups -OCH3 is 1. The molecule has 2 aromatic carbocycles. The first-order chi connectivity index (χ1) is 10.6. The molecule has 0 heterocycles. The van der Waals surface area contributed by atoms with Gasteiger partial charge in [0.05, 0.1) is 18.2 Å². The molecule has 0 aliphatic rings. The van der Waals surface area contributed by atoms with Gasteiger partial charge >= 0.3 is 0 Å². The Morgan fingerprint density at radius 1 is 1.05 bits per heavy atom. The zero-order valence-electron chi connectivity index (χ0n) is 13.3. The van der Waals surface area contributed by atoms with Gasteiger partial charge in [0.1, 0.15) is 0 Å². The fourth-order valence-corrected chi connectivity index (χ4v) is 2.89. The summed E-state index contributed by atoms with van der Waals surface area (Å²) >= 11 is 3.54. The lowest BCUT2D eigenvalue weighted by Gasteiger charge is -2.14. The predicted molar refractivity (Wildman–Crippen MR) is 93.6 cm³/mol. The van der Waals surface area contributed by atoms with E-state index in [1.807, 2.05) is 13.0 Å². The molecule has 2 aromatic rings. The maximum atomic E-state index is 5.64. The van der Waals surface area contributed by atoms with Crippen LogP contribution in [0.1, 0.15) is 23.6 Å². The lowest BCUT2D eigenvalue weighted by molar-refractivity contribution is 0.309. The Morgan fingerprint density at radius 3 is 2.36 bits per heavy atom. The van der Waals surface area contributed by atoms with Crippen LogP contribution in [0.25, 0.3) is 0 Å². The Hall–Kier alpha value is -1.52. The summed E-state index contributed by atoms with van der Waals surface area (Å²) in [5, 5.41) is 3.45. The van der Waals surface area contributed by atoms with Crippen LogP contribution in [0.2, 0.25) is 0 Å². The molecular weight excluding hydrogens is 342 g/mol. The van der Waals surface area contributed by atoms with Crippen LogP contribution in [0.3, 0.4) is 0 Å². The molecule has 0 spiro atoms. The third-order valence-electron chi connectivity index (χ3n) is 3.35. The molecule has 0 radical (unpaired) electrons. The molecule has 0 aliphatic carbocycles. The molecule has 0 aliphatic heterocycles. The van der Waals surface area contributed by atoms with Crippen LogP contribution in [0, 0.1) is 6.92 Å². The molecule has 0 aromatic heterocycles. The van der Waals surface area contributed by atoms with E-state index in [2.05, 4.69) is 58.5 Å². The molecule has 1 N–H and O–H groups in total. The van der Waals surface area contributed by atoms with Gasteiger partial charge in [0.2, 0.25) is 0 Å². The van der Waals surface area contributed by atoms with E-state index < -0.39 is 0 Å². The van der Waals surface area contributed by atoms with Crippen molar-refractivity contribution in [3.8, 4) is 11.5 Å². The summed E-state index contributed by atoms with van der Waals surface area (Å²) in [6, 6.07) is 12.6. The highest BCUT2D eigenvalue weighted by Gasteiger charge is 2.10. The molecule has 0 saturated carbocycles. The van der Waals surface area contributed by atoms with E-state index in [0.29, 0.717) is 6.61 Å². The first kappa shape index (κ1) is 16.8. The Balaban J connectivity index is 2.01. The van der Waals surface area contributed by atoms with Crippen LogP contribution in [-0.2, 0) is 13.1 Å². The monoisotopic (exact) mass is 363 g/mol. The minimum absolute atomic E-state index is 0.614. The van der Waals surface area contributed by atoms with Gasteiger partial charge in [-0.3, -0.25) is 0 Å². The largest absolute Gasteiger partial charge is 0.492 e. The van der Waals surface area contributed by atoms with Crippen molar-refractivity contribution in [2.24, 2.45) is 0 Å². The van der Waals surface area contributed by atoms with Crippen LogP contribution in [-0.4, -0.2) is 13.7 Å². The molecule has 0 atom stereocenters. The maximum Gasteiger partial charge on any atom is 0.174 e. The second-order valence-corrected chi connectivity index (χ2v) is 5.99. The lowest BCUT2D eigenvalue weighted by Crippen LogP contribution is -2.13. The van der Waals surface area contributed by atoms with Gasteiger partial charge in [0.25, 0.3) is 0 Å². The molecule has 0 fully saturated rings. The fourth-order valence-electron chi connectivity index (χ4n) is 2.24. The van der Waals surface area contributed by atoms with Crippen molar-refractivity contribution < 1.29 is 9.47 Å². The molecule has 0 saturated heterocycles. The third kappa shape index (κ3) is 4.49. The van der Waals surface area contributed by atoms with Gasteiger partial charge in [0.15, 0.2) is 11.5 Å². The Morgan fingerprint density at radius 2 is 1.73 bits per heavy atom. The summed E-state index contributed by atoms with van der Waals surface area (Å²) in [4.78, 5) is 0. The SMILES string of the molecule is CCOc1cc(CNCc2ccc(C)cc2)cc(Br)c1OC. The van der Waals surface area contributed by atoms with E-state index in [-0.39, 0.29) is 0 Å². The van der Waals surface area contributed by atoms with Crippen molar-refractivity contribution in [3.05, 3.63) is 57.6 Å². The van der Waals surface area contributed by atoms with Crippen LogP contribution in [0.4, 0.5) is 0 Å². The van der Waals surface area contributed by atoms with Gasteiger partial charge in [-0.2, -0.15) is 0 Å². The number of aryl methyl sites for hydroxylation is 1. The van der Waals surface area contributed by atoms with Gasteiger partial charge < -0.3 is 14.8 Å². The average Bonchev–Trinajstić information content (AvgIpc) is 2.49. The Bertz CT molecular complexity index is 611. The first-order valence-electron chi connectivity index (χ1n) is 7.39. The first-order valence-corrected chi connectivity index (χ1v) is 8.18. The highest BCUT2D eigenvalue weighted by Crippen LogP contribution is 2.36. The number of hydrogen-bond acceptors (Lipinski definition) is 3. The van der Waals surface area contributed by atoms with Gasteiger partial charge in [-0.15, -0.1) is 0 Å². The summed E-state index contributed by atoms with van der Waals surface area (Å²) < 4.78 is 11.9. The summed E-state index contributed by atoms with van der Waals surface area (Å²) in [6.45, 7) is 6.30. The third-order valence-corrected chi connectivity index (χ3v) is 3.94. The van der Waals surface area contributed by atoms with Crippen molar-refractivity contribution in [3.63, 3.8) is 0 Å². The van der Waals surface area contributed by atoms with Crippen molar-refractivity contribution in [1.82, 2.24) is 5.32 Å². The van der Waals surface area contributed by atoms with Gasteiger partial charge in [-0.1, -0.05) is 29.8 Å². The van der Waals surface area contributed by atoms with Crippen molar-refractivity contribution in [2.75, 3.05) is 13.7 Å². The Kier molecular flexibility index (Phi) is 6.28. The van der Waals surface area contributed by atoms with Gasteiger partial charge in [-0.05, 0) is 53.0 Å². The van der Waals surface area contributed by atoms with E-state index in [9.17, 15) is 0 Å². The zero-order chi connectivity index (χ0) is 15.9. The normalized spacial score (nSPS) is 10.5. The minimum Gasteiger partial charge on any atom is -0.492 e. The summed E-state index contributed by atoms with van der Waals surface area (Å²) in [5.74, 6) is 1.51. The lowest BCUT2D eigenvalue weighted by atomic mass is 10.1. The fraction of sp³-hybridized carbons (Fsp3) is 0.333. The van der Waals surface area contributed by atoms with E-state index in [1.165, 1.54) is 11.1 Å². The number of halogens is 1. The van der Waals surface area contributed by atoms with Crippen molar-refractivity contribution in [2.45, 2.75) is 26.9 Å². The number of hydrogen-bond donors (Lipinski definition) is 1. The van der Waals surface area contributed by atoms with Gasteiger partial charge in [-0.25, -0.2) is 0 Å². The number of benzene rings is 2. The topological polar surface area (TPSA) is 30.5 Å². The molecule has 0 bridgehead atoms. The molecule has 22 heavy (non-hydrogen) atoms. The molecule has 3 nitrogen and oxygen atoms in total. The van der Waals surface area contributed by atoms with Crippen LogP contribution in [0.15, 0.2) is 40.9 Å². The second kappa shape index (κ2) is 8.20. The molecule has 0 amide bonds. The van der Waals surface area contributed by atoms with Crippen LogP contribution < -0.4 is 14.8 Å². The van der Waals surface area contributed by atoms with E-state index in [0.717, 1.165) is 34.6 Å². The van der Waals surface area contributed by atoms with E-state index in [4.69, 9.17) is 9.47 Å². The van der Waals surface area contributed by atoms with Crippen molar-refractivity contribution >= 4 is 15.9 Å². The van der Waals surface area contributed by atoms with Gasteiger partial charge in [0, 0.05) is 13.1 Å². The van der Waals surface area contributed by atoms with Crippen molar-refractivity contribution in [1.29, 1.82) is 0 Å². The van der Waals surface area contributed by atoms with E-state index in [1.54, 1.807) is 7.11 Å². The quantitative estimate of drug-likeness (QED) is 0.787. The highest BCUT2D eigenvalue weighted by molar-refractivity contribution is 9.10. The maximum absolute atomic E-state index is 5.64. The second-order valence-electron chi connectivity index (χ2n) is 5.13. The average molecular weight is 364 g/mol.